The van der Waals surface area contributed by atoms with Gasteiger partial charge in [-0.05, 0) is 26.1 Å². The zero-order valence-electron chi connectivity index (χ0n) is 8.88. The Balaban J connectivity index is 2.06. The van der Waals surface area contributed by atoms with E-state index in [2.05, 4.69) is 29.2 Å². The van der Waals surface area contributed by atoms with Gasteiger partial charge in [0.05, 0.1) is 5.69 Å². The lowest BCUT2D eigenvalue weighted by Crippen LogP contribution is -2.20. The van der Waals surface area contributed by atoms with E-state index in [1.807, 2.05) is 0 Å². The minimum absolute atomic E-state index is 0.303. The van der Waals surface area contributed by atoms with Crippen LogP contribution in [0.15, 0.2) is 0 Å². The average Bonchev–Trinajstić information content (AvgIpc) is 2.60. The normalized spacial score (nSPS) is 20.4. The minimum atomic E-state index is 0.303. The standard InChI is InChI=1S/C10H18N4/c1-14(2)4-3-9-8-5-7(11)6-10(8)13-12-9/h7H,3-6,11H2,1-2H3,(H,12,13). The fourth-order valence-corrected chi connectivity index (χ4v) is 1.99. The number of nitrogens with zero attached hydrogens (tertiary/aromatic N) is 2. The van der Waals surface area contributed by atoms with E-state index in [-0.39, 0.29) is 0 Å². The fourth-order valence-electron chi connectivity index (χ4n) is 1.99. The maximum absolute atomic E-state index is 5.90. The third kappa shape index (κ3) is 1.81. The quantitative estimate of drug-likeness (QED) is 0.708. The van der Waals surface area contributed by atoms with Crippen LogP contribution in [0.25, 0.3) is 0 Å². The van der Waals surface area contributed by atoms with Crippen LogP contribution in [0.4, 0.5) is 0 Å². The molecule has 1 aliphatic carbocycles. The Hall–Kier alpha value is -0.870. The molecular formula is C10H18N4. The van der Waals surface area contributed by atoms with E-state index in [0.717, 1.165) is 25.8 Å². The van der Waals surface area contributed by atoms with Gasteiger partial charge in [0.15, 0.2) is 0 Å². The Labute approximate surface area is 84.5 Å². The van der Waals surface area contributed by atoms with Gasteiger partial charge >= 0.3 is 0 Å². The third-order valence-corrected chi connectivity index (χ3v) is 2.77. The molecule has 1 atom stereocenters. The van der Waals surface area contributed by atoms with Crippen LogP contribution in [-0.2, 0) is 19.3 Å². The molecule has 0 bridgehead atoms. The SMILES string of the molecule is CN(C)CCc1n[nH]c2c1CC(N)C2. The molecule has 78 valence electrons. The van der Waals surface area contributed by atoms with Crippen molar-refractivity contribution in [3.8, 4) is 0 Å². The Kier molecular flexibility index (Phi) is 2.56. The molecule has 0 radical (unpaired) electrons. The largest absolute Gasteiger partial charge is 0.327 e. The number of aromatic nitrogens is 2. The molecule has 4 heteroatoms. The molecule has 0 aliphatic heterocycles. The predicted octanol–water partition coefficient (Wildman–Crippen LogP) is -0.0603. The number of hydrogen-bond acceptors (Lipinski definition) is 3. The summed E-state index contributed by atoms with van der Waals surface area (Å²) in [5.74, 6) is 0. The molecule has 0 fully saturated rings. The Bertz CT molecular complexity index is 316. The average molecular weight is 194 g/mol. The van der Waals surface area contributed by atoms with Crippen LogP contribution in [0.1, 0.15) is 17.0 Å². The second-order valence-corrected chi connectivity index (χ2v) is 4.35. The predicted molar refractivity (Wildman–Crippen MR) is 56.2 cm³/mol. The zero-order chi connectivity index (χ0) is 10.1. The second-order valence-electron chi connectivity index (χ2n) is 4.35. The molecule has 0 saturated heterocycles. The van der Waals surface area contributed by atoms with Crippen LogP contribution < -0.4 is 5.73 Å². The fraction of sp³-hybridized carbons (Fsp3) is 0.700. The van der Waals surface area contributed by atoms with Crippen LogP contribution in [0.5, 0.6) is 0 Å². The summed E-state index contributed by atoms with van der Waals surface area (Å²) >= 11 is 0. The number of likely N-dealkylation sites (N-methyl/N-ethyl adjacent to an activating group) is 1. The van der Waals surface area contributed by atoms with E-state index >= 15 is 0 Å². The molecule has 14 heavy (non-hydrogen) atoms. The van der Waals surface area contributed by atoms with Crippen LogP contribution in [0, 0.1) is 0 Å². The number of aromatic amines is 1. The first-order valence-corrected chi connectivity index (χ1v) is 5.12. The van der Waals surface area contributed by atoms with Crippen molar-refractivity contribution in [2.75, 3.05) is 20.6 Å². The van der Waals surface area contributed by atoms with Gasteiger partial charge in [-0.15, -0.1) is 0 Å². The van der Waals surface area contributed by atoms with Crippen LogP contribution in [-0.4, -0.2) is 41.8 Å². The van der Waals surface area contributed by atoms with Crippen molar-refractivity contribution in [1.29, 1.82) is 0 Å². The molecule has 2 rings (SSSR count). The van der Waals surface area contributed by atoms with Crippen LogP contribution in [0.3, 0.4) is 0 Å². The summed E-state index contributed by atoms with van der Waals surface area (Å²) in [5, 5.41) is 7.43. The first kappa shape index (κ1) is 9.68. The van der Waals surface area contributed by atoms with E-state index < -0.39 is 0 Å². The maximum atomic E-state index is 5.90. The Morgan fingerprint density at radius 3 is 3.00 bits per heavy atom. The van der Waals surface area contributed by atoms with E-state index in [4.69, 9.17) is 5.73 Å². The highest BCUT2D eigenvalue weighted by atomic mass is 15.1. The number of nitrogens with two attached hydrogens (primary N) is 1. The van der Waals surface area contributed by atoms with Crippen LogP contribution >= 0.6 is 0 Å². The monoisotopic (exact) mass is 194 g/mol. The van der Waals surface area contributed by atoms with E-state index in [1.54, 1.807) is 0 Å². The van der Waals surface area contributed by atoms with Gasteiger partial charge in [0, 0.05) is 31.1 Å². The Morgan fingerprint density at radius 1 is 1.50 bits per heavy atom. The third-order valence-electron chi connectivity index (χ3n) is 2.77. The van der Waals surface area contributed by atoms with Gasteiger partial charge in [0.25, 0.3) is 0 Å². The van der Waals surface area contributed by atoms with Gasteiger partial charge in [-0.1, -0.05) is 0 Å². The molecule has 1 heterocycles. The van der Waals surface area contributed by atoms with Gasteiger partial charge in [-0.3, -0.25) is 5.10 Å². The molecule has 1 aromatic heterocycles. The Morgan fingerprint density at radius 2 is 2.29 bits per heavy atom. The number of fused-ring (bicyclic) bond motifs is 1. The lowest BCUT2D eigenvalue weighted by molar-refractivity contribution is 0.411. The zero-order valence-corrected chi connectivity index (χ0v) is 8.88. The molecule has 0 saturated carbocycles. The van der Waals surface area contributed by atoms with E-state index in [0.29, 0.717) is 6.04 Å². The van der Waals surface area contributed by atoms with Crippen molar-refractivity contribution in [2.45, 2.75) is 25.3 Å². The number of H-pyrrole nitrogens is 1. The topological polar surface area (TPSA) is 57.9 Å². The van der Waals surface area contributed by atoms with Gasteiger partial charge in [-0.25, -0.2) is 0 Å². The maximum Gasteiger partial charge on any atom is 0.0670 e. The van der Waals surface area contributed by atoms with Gasteiger partial charge in [-0.2, -0.15) is 5.10 Å². The summed E-state index contributed by atoms with van der Waals surface area (Å²) in [6, 6.07) is 0.303. The van der Waals surface area contributed by atoms with Gasteiger partial charge in [0.1, 0.15) is 0 Å². The molecule has 0 spiro atoms. The summed E-state index contributed by atoms with van der Waals surface area (Å²) in [4.78, 5) is 2.18. The highest BCUT2D eigenvalue weighted by Gasteiger charge is 2.23. The van der Waals surface area contributed by atoms with E-state index in [1.165, 1.54) is 17.0 Å². The van der Waals surface area contributed by atoms with Crippen LogP contribution in [0.2, 0.25) is 0 Å². The molecule has 0 aromatic carbocycles. The van der Waals surface area contributed by atoms with Gasteiger partial charge < -0.3 is 10.6 Å². The smallest absolute Gasteiger partial charge is 0.0670 e. The number of rotatable bonds is 3. The second kappa shape index (κ2) is 3.71. The van der Waals surface area contributed by atoms with Crippen molar-refractivity contribution >= 4 is 0 Å². The summed E-state index contributed by atoms with van der Waals surface area (Å²) in [6.07, 6.45) is 2.98. The highest BCUT2D eigenvalue weighted by molar-refractivity contribution is 5.31. The van der Waals surface area contributed by atoms with E-state index in [9.17, 15) is 0 Å². The summed E-state index contributed by atoms with van der Waals surface area (Å²) in [6.45, 7) is 1.05. The minimum Gasteiger partial charge on any atom is -0.327 e. The summed E-state index contributed by atoms with van der Waals surface area (Å²) in [7, 11) is 4.16. The molecule has 1 aromatic rings. The highest BCUT2D eigenvalue weighted by Crippen LogP contribution is 2.22. The lowest BCUT2D eigenvalue weighted by atomic mass is 10.1. The molecule has 1 aliphatic rings. The molecule has 1 unspecified atom stereocenters. The van der Waals surface area contributed by atoms with Crippen molar-refractivity contribution in [1.82, 2.24) is 15.1 Å². The molecule has 3 N–H and O–H groups in total. The van der Waals surface area contributed by atoms with Crippen molar-refractivity contribution in [2.24, 2.45) is 5.73 Å². The van der Waals surface area contributed by atoms with Crippen molar-refractivity contribution < 1.29 is 0 Å². The first-order chi connectivity index (χ1) is 6.66. The van der Waals surface area contributed by atoms with Crippen molar-refractivity contribution in [3.05, 3.63) is 17.0 Å². The molecular weight excluding hydrogens is 176 g/mol. The summed E-state index contributed by atoms with van der Waals surface area (Å²) < 4.78 is 0. The first-order valence-electron chi connectivity index (χ1n) is 5.12. The van der Waals surface area contributed by atoms with Crippen molar-refractivity contribution in [3.63, 3.8) is 0 Å². The molecule has 4 nitrogen and oxygen atoms in total. The number of nitrogens with one attached hydrogen (secondary N) is 1. The molecule has 0 amide bonds. The number of hydrogen-bond donors (Lipinski definition) is 2. The summed E-state index contributed by atoms with van der Waals surface area (Å²) in [5.41, 5.74) is 9.74. The lowest BCUT2D eigenvalue weighted by Gasteiger charge is -2.08. The van der Waals surface area contributed by atoms with Gasteiger partial charge in [0.2, 0.25) is 0 Å².